The molecule has 0 N–H and O–H groups in total. The molecule has 0 fully saturated rings. The summed E-state index contributed by atoms with van der Waals surface area (Å²) in [6, 6.07) is 56.4. The van der Waals surface area contributed by atoms with E-state index in [-0.39, 0.29) is 0 Å². The predicted octanol–water partition coefficient (Wildman–Crippen LogP) is 10.5. The van der Waals surface area contributed by atoms with Crippen molar-refractivity contribution in [2.24, 2.45) is 0 Å². The summed E-state index contributed by atoms with van der Waals surface area (Å²) in [7, 11) is 0. The highest BCUT2D eigenvalue weighted by Gasteiger charge is 2.23. The van der Waals surface area contributed by atoms with E-state index in [9.17, 15) is 0 Å². The van der Waals surface area contributed by atoms with Gasteiger partial charge in [0.2, 0.25) is 5.95 Å². The van der Waals surface area contributed by atoms with Gasteiger partial charge in [0.25, 0.3) is 0 Å². The lowest BCUT2D eigenvalue weighted by Crippen LogP contribution is -2.07. The van der Waals surface area contributed by atoms with E-state index < -0.39 is 0 Å². The van der Waals surface area contributed by atoms with Gasteiger partial charge in [-0.05, 0) is 30.3 Å². The van der Waals surface area contributed by atoms with Gasteiger partial charge in [-0.1, -0.05) is 133 Å². The van der Waals surface area contributed by atoms with E-state index in [1.165, 1.54) is 0 Å². The topological polar surface area (TPSA) is 61.4 Å². The third-order valence-corrected chi connectivity index (χ3v) is 9.44. The van der Waals surface area contributed by atoms with Crippen molar-refractivity contribution in [3.05, 3.63) is 170 Å². The van der Waals surface area contributed by atoms with Crippen molar-refractivity contribution in [1.82, 2.24) is 29.1 Å². The van der Waals surface area contributed by atoms with Crippen LogP contribution >= 0.6 is 0 Å². The standard InChI is InChI=1S/C44H28N6/c1-4-15-29(16-5-1)42-46-43(30-17-6-2-7-18-30)48-44(47-42)50-36-25-12-10-21-32(36)33-23-14-24-35(41(33)50)40-39-34-22-11-13-26-37(34)49(38(39)27-28-45-40)31-19-8-3-9-20-31/h1-28H. The highest BCUT2D eigenvalue weighted by molar-refractivity contribution is 6.19. The summed E-state index contributed by atoms with van der Waals surface area (Å²) >= 11 is 0. The number of para-hydroxylation sites is 4. The van der Waals surface area contributed by atoms with E-state index in [0.29, 0.717) is 17.6 Å². The molecule has 0 aliphatic carbocycles. The Morgan fingerprint density at radius 2 is 0.960 bits per heavy atom. The zero-order valence-corrected chi connectivity index (χ0v) is 26.8. The molecule has 0 saturated carbocycles. The summed E-state index contributed by atoms with van der Waals surface area (Å²) in [5.41, 5.74) is 9.10. The minimum absolute atomic E-state index is 0.551. The number of hydrogen-bond acceptors (Lipinski definition) is 4. The fourth-order valence-corrected chi connectivity index (χ4v) is 7.29. The molecule has 10 aromatic rings. The molecule has 4 aromatic heterocycles. The van der Waals surface area contributed by atoms with Gasteiger partial charge in [0.05, 0.1) is 27.8 Å². The number of rotatable bonds is 5. The predicted molar refractivity (Wildman–Crippen MR) is 203 cm³/mol. The molecule has 50 heavy (non-hydrogen) atoms. The van der Waals surface area contributed by atoms with Crippen LogP contribution < -0.4 is 0 Å². The quantitative estimate of drug-likeness (QED) is 0.188. The van der Waals surface area contributed by atoms with E-state index in [0.717, 1.165) is 71.7 Å². The van der Waals surface area contributed by atoms with E-state index in [1.54, 1.807) is 0 Å². The summed E-state index contributed by atoms with van der Waals surface area (Å²) in [6.07, 6.45) is 1.92. The largest absolute Gasteiger partial charge is 0.309 e. The Balaban J connectivity index is 1.32. The molecule has 6 heteroatoms. The minimum Gasteiger partial charge on any atom is -0.309 e. The van der Waals surface area contributed by atoms with Crippen LogP contribution in [0.3, 0.4) is 0 Å². The summed E-state index contributed by atoms with van der Waals surface area (Å²) in [6.45, 7) is 0. The molecule has 0 saturated heterocycles. The van der Waals surface area contributed by atoms with Crippen molar-refractivity contribution >= 4 is 43.6 Å². The average Bonchev–Trinajstić information content (AvgIpc) is 3.72. The minimum atomic E-state index is 0.551. The van der Waals surface area contributed by atoms with Gasteiger partial charge in [-0.25, -0.2) is 4.98 Å². The lowest BCUT2D eigenvalue weighted by Gasteiger charge is -2.13. The number of fused-ring (bicyclic) bond motifs is 6. The van der Waals surface area contributed by atoms with E-state index in [1.807, 2.05) is 66.9 Å². The van der Waals surface area contributed by atoms with Crippen LogP contribution in [0.4, 0.5) is 0 Å². The molecule has 0 bridgehead atoms. The van der Waals surface area contributed by atoms with Gasteiger partial charge < -0.3 is 4.57 Å². The molecule has 0 aliphatic rings. The van der Waals surface area contributed by atoms with Gasteiger partial charge >= 0.3 is 0 Å². The fourth-order valence-electron chi connectivity index (χ4n) is 7.29. The highest BCUT2D eigenvalue weighted by atomic mass is 15.2. The first-order chi connectivity index (χ1) is 24.8. The number of benzene rings is 6. The molecular weight excluding hydrogens is 613 g/mol. The third kappa shape index (κ3) is 4.36. The zero-order valence-electron chi connectivity index (χ0n) is 26.8. The second kappa shape index (κ2) is 11.4. The SMILES string of the molecule is c1ccc(-c2nc(-c3ccccc3)nc(-n3c4ccccc4c4cccc(-c5nccc6c5c5ccccc5n6-c5ccccc5)c43)n2)cc1. The van der Waals surface area contributed by atoms with Gasteiger partial charge in [-0.15, -0.1) is 0 Å². The van der Waals surface area contributed by atoms with Crippen LogP contribution in [-0.4, -0.2) is 29.1 Å². The van der Waals surface area contributed by atoms with E-state index in [2.05, 4.69) is 112 Å². The molecule has 0 spiro atoms. The molecule has 0 unspecified atom stereocenters. The molecular formula is C44H28N6. The highest BCUT2D eigenvalue weighted by Crippen LogP contribution is 2.42. The van der Waals surface area contributed by atoms with Crippen molar-refractivity contribution < 1.29 is 0 Å². The fraction of sp³-hybridized carbons (Fsp3) is 0. The summed E-state index contributed by atoms with van der Waals surface area (Å²) in [4.78, 5) is 20.5. The van der Waals surface area contributed by atoms with E-state index >= 15 is 0 Å². The lowest BCUT2D eigenvalue weighted by atomic mass is 10.0. The van der Waals surface area contributed by atoms with Crippen LogP contribution in [0.1, 0.15) is 0 Å². The van der Waals surface area contributed by atoms with Crippen LogP contribution in [0.2, 0.25) is 0 Å². The van der Waals surface area contributed by atoms with E-state index in [4.69, 9.17) is 19.9 Å². The Labute approximate surface area is 287 Å². The molecule has 234 valence electrons. The first-order valence-corrected chi connectivity index (χ1v) is 16.7. The molecule has 4 heterocycles. The maximum atomic E-state index is 5.18. The van der Waals surface area contributed by atoms with Gasteiger partial charge in [-0.3, -0.25) is 9.55 Å². The first-order valence-electron chi connectivity index (χ1n) is 16.7. The average molecular weight is 641 g/mol. The third-order valence-electron chi connectivity index (χ3n) is 9.44. The van der Waals surface area contributed by atoms with Gasteiger partial charge in [-0.2, -0.15) is 9.97 Å². The molecule has 6 nitrogen and oxygen atoms in total. The van der Waals surface area contributed by atoms with Crippen LogP contribution in [0.5, 0.6) is 0 Å². The summed E-state index contributed by atoms with van der Waals surface area (Å²) in [5.74, 6) is 1.78. The molecule has 0 aliphatic heterocycles. The second-order valence-electron chi connectivity index (χ2n) is 12.3. The van der Waals surface area contributed by atoms with Crippen molar-refractivity contribution in [3.63, 3.8) is 0 Å². The zero-order chi connectivity index (χ0) is 33.0. The maximum Gasteiger partial charge on any atom is 0.238 e. The Morgan fingerprint density at radius 1 is 0.400 bits per heavy atom. The smallest absolute Gasteiger partial charge is 0.238 e. The lowest BCUT2D eigenvalue weighted by molar-refractivity contribution is 0.953. The van der Waals surface area contributed by atoms with Crippen molar-refractivity contribution in [2.45, 2.75) is 0 Å². The first kappa shape index (κ1) is 28.1. The Hall–Kier alpha value is -6.92. The maximum absolute atomic E-state index is 5.18. The van der Waals surface area contributed by atoms with Gasteiger partial charge in [0.1, 0.15) is 0 Å². The van der Waals surface area contributed by atoms with Crippen molar-refractivity contribution in [1.29, 1.82) is 0 Å². The van der Waals surface area contributed by atoms with Crippen molar-refractivity contribution in [2.75, 3.05) is 0 Å². The molecule has 6 aromatic carbocycles. The summed E-state index contributed by atoms with van der Waals surface area (Å²) in [5, 5.41) is 4.46. The monoisotopic (exact) mass is 640 g/mol. The van der Waals surface area contributed by atoms with Crippen LogP contribution in [0.15, 0.2) is 170 Å². The number of nitrogens with zero attached hydrogens (tertiary/aromatic N) is 6. The van der Waals surface area contributed by atoms with Crippen LogP contribution in [0, 0.1) is 0 Å². The number of pyridine rings is 1. The number of aromatic nitrogens is 6. The Morgan fingerprint density at radius 3 is 1.64 bits per heavy atom. The molecule has 10 rings (SSSR count). The summed E-state index contributed by atoms with van der Waals surface area (Å²) < 4.78 is 4.52. The Bertz CT molecular complexity index is 2800. The molecule has 0 amide bonds. The van der Waals surface area contributed by atoms with Crippen LogP contribution in [-0.2, 0) is 0 Å². The second-order valence-corrected chi connectivity index (χ2v) is 12.3. The van der Waals surface area contributed by atoms with Gasteiger partial charge in [0.15, 0.2) is 11.6 Å². The van der Waals surface area contributed by atoms with Gasteiger partial charge in [0, 0.05) is 50.1 Å². The normalized spacial score (nSPS) is 11.6. The number of hydrogen-bond donors (Lipinski definition) is 0. The molecule has 0 radical (unpaired) electrons. The van der Waals surface area contributed by atoms with Crippen molar-refractivity contribution in [3.8, 4) is 45.7 Å². The molecule has 0 atom stereocenters. The van der Waals surface area contributed by atoms with Crippen LogP contribution in [0.25, 0.3) is 89.3 Å². The Kier molecular flexibility index (Phi) is 6.39.